The standard InChI is InChI=1S/C13H25NO3/c1-9(2)6-11(15)10-7-14(8-10)12(16)17-13(3,4)5/h9-11,15H,6-8H2,1-5H3/t11-/m1/s1. The molecule has 1 aliphatic heterocycles. The maximum atomic E-state index is 11.7. The number of amides is 1. The normalized spacial score (nSPS) is 19.1. The van der Waals surface area contributed by atoms with Crippen molar-refractivity contribution in [3.8, 4) is 0 Å². The van der Waals surface area contributed by atoms with Crippen LogP contribution in [0.5, 0.6) is 0 Å². The highest BCUT2D eigenvalue weighted by Crippen LogP contribution is 2.25. The molecular formula is C13H25NO3. The molecule has 0 radical (unpaired) electrons. The number of carbonyl (C=O) groups is 1. The molecule has 4 heteroatoms. The van der Waals surface area contributed by atoms with E-state index in [4.69, 9.17) is 4.74 Å². The highest BCUT2D eigenvalue weighted by atomic mass is 16.6. The van der Waals surface area contributed by atoms with Crippen LogP contribution in [-0.2, 0) is 4.74 Å². The Hall–Kier alpha value is -0.770. The molecule has 0 aromatic heterocycles. The second-order valence-electron chi connectivity index (χ2n) is 6.34. The van der Waals surface area contributed by atoms with Gasteiger partial charge in [-0.3, -0.25) is 0 Å². The van der Waals surface area contributed by atoms with Gasteiger partial charge < -0.3 is 14.7 Å². The summed E-state index contributed by atoms with van der Waals surface area (Å²) in [6, 6.07) is 0. The highest BCUT2D eigenvalue weighted by Gasteiger charge is 2.37. The maximum absolute atomic E-state index is 11.7. The summed E-state index contributed by atoms with van der Waals surface area (Å²) < 4.78 is 5.26. The van der Waals surface area contributed by atoms with Crippen LogP contribution in [-0.4, -0.2) is 40.9 Å². The van der Waals surface area contributed by atoms with Crippen LogP contribution in [0.15, 0.2) is 0 Å². The topological polar surface area (TPSA) is 49.8 Å². The molecule has 1 amide bonds. The number of hydrogen-bond donors (Lipinski definition) is 1. The lowest BCUT2D eigenvalue weighted by atomic mass is 9.89. The van der Waals surface area contributed by atoms with Gasteiger partial charge in [0, 0.05) is 19.0 Å². The predicted molar refractivity (Wildman–Crippen MR) is 66.8 cm³/mol. The predicted octanol–water partition coefficient (Wildman–Crippen LogP) is 2.26. The Balaban J connectivity index is 2.29. The van der Waals surface area contributed by atoms with Crippen LogP contribution in [0.4, 0.5) is 4.79 Å². The summed E-state index contributed by atoms with van der Waals surface area (Å²) in [4.78, 5) is 13.3. The molecule has 1 fully saturated rings. The minimum atomic E-state index is -0.446. The lowest BCUT2D eigenvalue weighted by Gasteiger charge is -2.42. The zero-order chi connectivity index (χ0) is 13.2. The first-order chi connectivity index (χ1) is 7.69. The molecular weight excluding hydrogens is 218 g/mol. The van der Waals surface area contributed by atoms with Crippen molar-refractivity contribution in [2.45, 2.75) is 52.7 Å². The first-order valence-electron chi connectivity index (χ1n) is 6.35. The Labute approximate surface area is 104 Å². The third-order valence-electron chi connectivity index (χ3n) is 2.82. The van der Waals surface area contributed by atoms with Crippen molar-refractivity contribution in [1.29, 1.82) is 0 Å². The molecule has 4 nitrogen and oxygen atoms in total. The first kappa shape index (κ1) is 14.3. The number of rotatable bonds is 3. The van der Waals surface area contributed by atoms with Gasteiger partial charge in [-0.2, -0.15) is 0 Å². The van der Waals surface area contributed by atoms with Gasteiger partial charge >= 0.3 is 6.09 Å². The molecule has 1 atom stereocenters. The molecule has 1 aliphatic rings. The quantitative estimate of drug-likeness (QED) is 0.827. The number of nitrogens with zero attached hydrogens (tertiary/aromatic N) is 1. The maximum Gasteiger partial charge on any atom is 0.410 e. The average molecular weight is 243 g/mol. The van der Waals surface area contributed by atoms with Crippen molar-refractivity contribution in [1.82, 2.24) is 4.90 Å². The summed E-state index contributed by atoms with van der Waals surface area (Å²) in [5.41, 5.74) is -0.446. The first-order valence-corrected chi connectivity index (χ1v) is 6.35. The van der Waals surface area contributed by atoms with Crippen LogP contribution < -0.4 is 0 Å². The van der Waals surface area contributed by atoms with Gasteiger partial charge in [0.15, 0.2) is 0 Å². The molecule has 0 aromatic rings. The summed E-state index contributed by atoms with van der Waals surface area (Å²) >= 11 is 0. The van der Waals surface area contributed by atoms with Crippen molar-refractivity contribution in [3.05, 3.63) is 0 Å². The van der Waals surface area contributed by atoms with Gasteiger partial charge in [-0.25, -0.2) is 4.79 Å². The molecule has 0 aliphatic carbocycles. The SMILES string of the molecule is CC(C)C[C@@H](O)C1CN(C(=O)OC(C)(C)C)C1. The smallest absolute Gasteiger partial charge is 0.410 e. The van der Waals surface area contributed by atoms with Gasteiger partial charge in [0.05, 0.1) is 6.10 Å². The van der Waals surface area contributed by atoms with Gasteiger partial charge in [0.1, 0.15) is 5.60 Å². The number of carbonyl (C=O) groups excluding carboxylic acids is 1. The van der Waals surface area contributed by atoms with Gasteiger partial charge in [-0.05, 0) is 33.1 Å². The highest BCUT2D eigenvalue weighted by molar-refractivity contribution is 5.69. The van der Waals surface area contributed by atoms with E-state index < -0.39 is 5.60 Å². The van der Waals surface area contributed by atoms with Gasteiger partial charge in [-0.15, -0.1) is 0 Å². The van der Waals surface area contributed by atoms with Crippen LogP contribution in [0.25, 0.3) is 0 Å². The molecule has 0 saturated carbocycles. The van der Waals surface area contributed by atoms with Crippen LogP contribution in [0, 0.1) is 11.8 Å². The summed E-state index contributed by atoms with van der Waals surface area (Å²) in [6.45, 7) is 11.0. The third-order valence-corrected chi connectivity index (χ3v) is 2.82. The van der Waals surface area contributed by atoms with E-state index in [1.165, 1.54) is 0 Å². The molecule has 0 unspecified atom stereocenters. The summed E-state index contributed by atoms with van der Waals surface area (Å²) in [5, 5.41) is 9.89. The summed E-state index contributed by atoms with van der Waals surface area (Å²) in [6.07, 6.45) is 0.228. The number of likely N-dealkylation sites (tertiary alicyclic amines) is 1. The molecule has 1 saturated heterocycles. The van der Waals surface area contributed by atoms with Crippen LogP contribution in [0.2, 0.25) is 0 Å². The fourth-order valence-electron chi connectivity index (χ4n) is 1.91. The van der Waals surface area contributed by atoms with Crippen LogP contribution >= 0.6 is 0 Å². The van der Waals surface area contributed by atoms with E-state index >= 15 is 0 Å². The zero-order valence-electron chi connectivity index (χ0n) is 11.6. The fourth-order valence-corrected chi connectivity index (χ4v) is 1.91. The van der Waals surface area contributed by atoms with Crippen molar-refractivity contribution < 1.29 is 14.6 Å². The summed E-state index contributed by atoms with van der Waals surface area (Å²) in [5.74, 6) is 0.700. The number of aliphatic hydroxyl groups is 1. The van der Waals surface area contributed by atoms with Crippen molar-refractivity contribution in [3.63, 3.8) is 0 Å². The minimum Gasteiger partial charge on any atom is -0.444 e. The molecule has 100 valence electrons. The van der Waals surface area contributed by atoms with Gasteiger partial charge in [0.25, 0.3) is 0 Å². The molecule has 0 bridgehead atoms. The number of hydrogen-bond acceptors (Lipinski definition) is 3. The van der Waals surface area contributed by atoms with E-state index in [1.807, 2.05) is 20.8 Å². The summed E-state index contributed by atoms with van der Waals surface area (Å²) in [7, 11) is 0. The molecule has 1 N–H and O–H groups in total. The van der Waals surface area contributed by atoms with Gasteiger partial charge in [0.2, 0.25) is 0 Å². The Morgan fingerprint density at radius 3 is 2.35 bits per heavy atom. The Kier molecular flexibility index (Phi) is 4.42. The minimum absolute atomic E-state index is 0.213. The zero-order valence-corrected chi connectivity index (χ0v) is 11.6. The average Bonchev–Trinajstić information content (AvgIpc) is 1.94. The second kappa shape index (κ2) is 5.25. The second-order valence-corrected chi connectivity index (χ2v) is 6.34. The molecule has 17 heavy (non-hydrogen) atoms. The van der Waals surface area contributed by atoms with Gasteiger partial charge in [-0.1, -0.05) is 13.8 Å². The lowest BCUT2D eigenvalue weighted by molar-refractivity contribution is -0.0349. The lowest BCUT2D eigenvalue weighted by Crippen LogP contribution is -2.55. The Morgan fingerprint density at radius 1 is 1.41 bits per heavy atom. The van der Waals surface area contributed by atoms with E-state index in [0.717, 1.165) is 6.42 Å². The number of aliphatic hydroxyl groups excluding tert-OH is 1. The fraction of sp³-hybridized carbons (Fsp3) is 0.923. The number of ether oxygens (including phenoxy) is 1. The Morgan fingerprint density at radius 2 is 1.94 bits per heavy atom. The molecule has 0 spiro atoms. The van der Waals surface area contributed by atoms with Crippen LogP contribution in [0.3, 0.4) is 0 Å². The molecule has 0 aromatic carbocycles. The molecule has 1 heterocycles. The van der Waals surface area contributed by atoms with Crippen molar-refractivity contribution in [2.24, 2.45) is 11.8 Å². The van der Waals surface area contributed by atoms with Crippen molar-refractivity contribution in [2.75, 3.05) is 13.1 Å². The van der Waals surface area contributed by atoms with Crippen molar-refractivity contribution >= 4 is 6.09 Å². The largest absolute Gasteiger partial charge is 0.444 e. The van der Waals surface area contributed by atoms with Crippen LogP contribution in [0.1, 0.15) is 41.0 Å². The third kappa shape index (κ3) is 4.54. The van der Waals surface area contributed by atoms with E-state index in [-0.39, 0.29) is 18.1 Å². The van der Waals surface area contributed by atoms with E-state index in [0.29, 0.717) is 19.0 Å². The molecule has 1 rings (SSSR count). The van der Waals surface area contributed by atoms with E-state index in [9.17, 15) is 9.90 Å². The van der Waals surface area contributed by atoms with E-state index in [2.05, 4.69) is 13.8 Å². The van der Waals surface area contributed by atoms with E-state index in [1.54, 1.807) is 4.90 Å². The monoisotopic (exact) mass is 243 g/mol. The Bertz CT molecular complexity index is 264.